The Morgan fingerprint density at radius 1 is 0.952 bits per heavy atom. The van der Waals surface area contributed by atoms with Gasteiger partial charge in [-0.15, -0.1) is 0 Å². The Labute approximate surface area is 123 Å². The standard InChI is InChI=1S/C17H19NO3/c18-14-13(15(19)10-6-2-1-3-7-10)16(20)11-8-4-5-9-12(11)17(14)21/h1-3,6-7,11-14H,4-5,8-9,18H2/t11-,12+,13-,14-/m0/s1. The monoisotopic (exact) mass is 285 g/mol. The molecule has 0 aliphatic heterocycles. The molecule has 4 heteroatoms. The largest absolute Gasteiger partial charge is 0.321 e. The molecule has 0 heterocycles. The van der Waals surface area contributed by atoms with E-state index in [-0.39, 0.29) is 29.2 Å². The van der Waals surface area contributed by atoms with Gasteiger partial charge in [0.25, 0.3) is 0 Å². The molecule has 2 aliphatic rings. The quantitative estimate of drug-likeness (QED) is 0.663. The van der Waals surface area contributed by atoms with Crippen LogP contribution in [0.5, 0.6) is 0 Å². The van der Waals surface area contributed by atoms with Gasteiger partial charge in [-0.2, -0.15) is 0 Å². The topological polar surface area (TPSA) is 77.2 Å². The van der Waals surface area contributed by atoms with Crippen molar-refractivity contribution in [2.24, 2.45) is 23.5 Å². The minimum atomic E-state index is -1.00. The third kappa shape index (κ3) is 2.33. The van der Waals surface area contributed by atoms with E-state index in [9.17, 15) is 14.4 Å². The number of carbonyl (C=O) groups excluding carboxylic acids is 3. The molecule has 0 spiro atoms. The highest BCUT2D eigenvalue weighted by Gasteiger charge is 2.51. The van der Waals surface area contributed by atoms with Crippen LogP contribution in [0.3, 0.4) is 0 Å². The van der Waals surface area contributed by atoms with E-state index in [1.165, 1.54) is 0 Å². The molecule has 4 nitrogen and oxygen atoms in total. The van der Waals surface area contributed by atoms with Crippen LogP contribution in [0.15, 0.2) is 30.3 Å². The summed E-state index contributed by atoms with van der Waals surface area (Å²) in [6.07, 6.45) is 3.35. The van der Waals surface area contributed by atoms with E-state index in [1.807, 2.05) is 6.07 Å². The van der Waals surface area contributed by atoms with Crippen LogP contribution in [0.1, 0.15) is 36.0 Å². The van der Waals surface area contributed by atoms with Crippen LogP contribution < -0.4 is 5.73 Å². The maximum Gasteiger partial charge on any atom is 0.175 e. The Morgan fingerprint density at radius 3 is 2.14 bits per heavy atom. The molecule has 1 aromatic carbocycles. The molecule has 2 saturated carbocycles. The maximum absolute atomic E-state index is 12.7. The SMILES string of the molecule is N[C@@H]1C(=O)[C@@H]2CCCC[C@@H]2C(=O)[C@@H]1C(=O)c1ccccc1. The summed E-state index contributed by atoms with van der Waals surface area (Å²) in [5, 5.41) is 0. The summed E-state index contributed by atoms with van der Waals surface area (Å²) >= 11 is 0. The second-order valence-corrected chi connectivity index (χ2v) is 6.04. The number of carbonyl (C=O) groups is 3. The predicted octanol–water partition coefficient (Wildman–Crippen LogP) is 1.77. The van der Waals surface area contributed by atoms with Crippen molar-refractivity contribution in [3.63, 3.8) is 0 Å². The number of rotatable bonds is 2. The summed E-state index contributed by atoms with van der Waals surface area (Å²) in [6, 6.07) is 7.65. The first-order valence-electron chi connectivity index (χ1n) is 7.53. The van der Waals surface area contributed by atoms with Crippen LogP contribution in [0.4, 0.5) is 0 Å². The lowest BCUT2D eigenvalue weighted by molar-refractivity contribution is -0.143. The molecular weight excluding hydrogens is 266 g/mol. The minimum absolute atomic E-state index is 0.103. The Hall–Kier alpha value is -1.81. The summed E-state index contributed by atoms with van der Waals surface area (Å²) in [4.78, 5) is 37.7. The van der Waals surface area contributed by atoms with Gasteiger partial charge in [0, 0.05) is 17.4 Å². The Kier molecular flexibility index (Phi) is 3.72. The van der Waals surface area contributed by atoms with Gasteiger partial charge in [0.2, 0.25) is 0 Å². The molecule has 4 atom stereocenters. The zero-order valence-electron chi connectivity index (χ0n) is 11.8. The van der Waals surface area contributed by atoms with Gasteiger partial charge in [0.1, 0.15) is 11.7 Å². The zero-order valence-corrected chi connectivity index (χ0v) is 11.8. The number of ketones is 3. The van der Waals surface area contributed by atoms with Crippen LogP contribution in [-0.2, 0) is 9.59 Å². The molecule has 0 bridgehead atoms. The number of hydrogen-bond donors (Lipinski definition) is 1. The van der Waals surface area contributed by atoms with Gasteiger partial charge >= 0.3 is 0 Å². The minimum Gasteiger partial charge on any atom is -0.321 e. The van der Waals surface area contributed by atoms with Crippen LogP contribution in [0, 0.1) is 17.8 Å². The summed E-state index contributed by atoms with van der Waals surface area (Å²) in [7, 11) is 0. The van der Waals surface area contributed by atoms with E-state index in [1.54, 1.807) is 24.3 Å². The molecule has 1 aromatic rings. The average Bonchev–Trinajstić information content (AvgIpc) is 2.53. The first kappa shape index (κ1) is 14.1. The lowest BCUT2D eigenvalue weighted by Gasteiger charge is -2.39. The molecule has 0 unspecified atom stereocenters. The van der Waals surface area contributed by atoms with Crippen LogP contribution in [0.25, 0.3) is 0 Å². The van der Waals surface area contributed by atoms with Crippen LogP contribution >= 0.6 is 0 Å². The van der Waals surface area contributed by atoms with E-state index in [4.69, 9.17) is 5.73 Å². The zero-order chi connectivity index (χ0) is 15.0. The van der Waals surface area contributed by atoms with Crippen LogP contribution in [-0.4, -0.2) is 23.4 Å². The fraction of sp³-hybridized carbons (Fsp3) is 0.471. The smallest absolute Gasteiger partial charge is 0.175 e. The van der Waals surface area contributed by atoms with Gasteiger partial charge in [0.05, 0.1) is 6.04 Å². The molecule has 0 amide bonds. The van der Waals surface area contributed by atoms with Crippen molar-refractivity contribution in [2.45, 2.75) is 31.7 Å². The van der Waals surface area contributed by atoms with Gasteiger partial charge in [-0.3, -0.25) is 14.4 Å². The van der Waals surface area contributed by atoms with Crippen molar-refractivity contribution < 1.29 is 14.4 Å². The summed E-state index contributed by atoms with van der Waals surface area (Å²) in [5.74, 6) is -2.11. The first-order chi connectivity index (χ1) is 10.1. The molecule has 2 fully saturated rings. The average molecular weight is 285 g/mol. The van der Waals surface area contributed by atoms with Gasteiger partial charge in [-0.1, -0.05) is 43.2 Å². The van der Waals surface area contributed by atoms with E-state index in [0.717, 1.165) is 19.3 Å². The fourth-order valence-electron chi connectivity index (χ4n) is 3.71. The van der Waals surface area contributed by atoms with Crippen molar-refractivity contribution in [1.82, 2.24) is 0 Å². The maximum atomic E-state index is 12.7. The van der Waals surface area contributed by atoms with Crippen molar-refractivity contribution in [2.75, 3.05) is 0 Å². The van der Waals surface area contributed by atoms with E-state index >= 15 is 0 Å². The van der Waals surface area contributed by atoms with Gasteiger partial charge in [0.15, 0.2) is 11.6 Å². The second kappa shape index (κ2) is 5.53. The molecule has 0 aromatic heterocycles. The molecule has 2 aliphatic carbocycles. The Bertz CT molecular complexity index is 581. The molecule has 21 heavy (non-hydrogen) atoms. The summed E-state index contributed by atoms with van der Waals surface area (Å²) in [5.41, 5.74) is 6.42. The van der Waals surface area contributed by atoms with Gasteiger partial charge < -0.3 is 5.73 Å². The molecule has 2 N–H and O–H groups in total. The van der Waals surface area contributed by atoms with E-state index < -0.39 is 12.0 Å². The van der Waals surface area contributed by atoms with Crippen LogP contribution in [0.2, 0.25) is 0 Å². The van der Waals surface area contributed by atoms with Crippen molar-refractivity contribution in [3.05, 3.63) is 35.9 Å². The molecule has 0 radical (unpaired) electrons. The Balaban J connectivity index is 1.92. The highest BCUT2D eigenvalue weighted by Crippen LogP contribution is 2.39. The molecule has 3 rings (SSSR count). The number of Topliss-reactive ketones (excluding diaryl/α,β-unsaturated/α-hetero) is 3. The molecule has 0 saturated heterocycles. The third-order valence-corrected chi connectivity index (χ3v) is 4.83. The predicted molar refractivity (Wildman–Crippen MR) is 77.7 cm³/mol. The van der Waals surface area contributed by atoms with Crippen molar-refractivity contribution in [3.8, 4) is 0 Å². The van der Waals surface area contributed by atoms with Gasteiger partial charge in [-0.25, -0.2) is 0 Å². The van der Waals surface area contributed by atoms with E-state index in [2.05, 4.69) is 0 Å². The number of fused-ring (bicyclic) bond motifs is 1. The number of benzene rings is 1. The van der Waals surface area contributed by atoms with E-state index in [0.29, 0.717) is 12.0 Å². The normalized spacial score (nSPS) is 32.6. The van der Waals surface area contributed by atoms with Crippen molar-refractivity contribution >= 4 is 17.3 Å². The van der Waals surface area contributed by atoms with Crippen molar-refractivity contribution in [1.29, 1.82) is 0 Å². The third-order valence-electron chi connectivity index (χ3n) is 4.83. The molecular formula is C17H19NO3. The summed E-state index contributed by atoms with van der Waals surface area (Å²) in [6.45, 7) is 0. The number of nitrogens with two attached hydrogens (primary N) is 1. The lowest BCUT2D eigenvalue weighted by atomic mass is 9.63. The number of hydrogen-bond acceptors (Lipinski definition) is 4. The summed E-state index contributed by atoms with van der Waals surface area (Å²) < 4.78 is 0. The Morgan fingerprint density at radius 2 is 1.52 bits per heavy atom. The highest BCUT2D eigenvalue weighted by atomic mass is 16.2. The fourth-order valence-corrected chi connectivity index (χ4v) is 3.71. The second-order valence-electron chi connectivity index (χ2n) is 6.04. The van der Waals surface area contributed by atoms with Gasteiger partial charge in [-0.05, 0) is 12.8 Å². The first-order valence-corrected chi connectivity index (χ1v) is 7.53. The highest BCUT2D eigenvalue weighted by molar-refractivity contribution is 6.17. The molecule has 110 valence electrons. The lowest BCUT2D eigenvalue weighted by Crippen LogP contribution is -2.57.